The summed E-state index contributed by atoms with van der Waals surface area (Å²) in [5.41, 5.74) is 1.86. The van der Waals surface area contributed by atoms with Crippen LogP contribution in [0.2, 0.25) is 0 Å². The second-order valence-corrected chi connectivity index (χ2v) is 7.89. The molecule has 3 atom stereocenters. The SMILES string of the molecule is CC12CCC(C1)C(C)(C1CCCC1)C2(C)C. The standard InChI is InChI=1S/C16H28/c1-14(2)15(3)10-9-13(11-15)16(14,4)12-7-5-6-8-12/h12-13H,5-11H2,1-4H3. The highest BCUT2D eigenvalue weighted by atomic mass is 14.7. The van der Waals surface area contributed by atoms with Crippen molar-refractivity contribution in [1.82, 2.24) is 0 Å². The van der Waals surface area contributed by atoms with Crippen LogP contribution in [-0.4, -0.2) is 0 Å². The van der Waals surface area contributed by atoms with Gasteiger partial charge in [0, 0.05) is 0 Å². The van der Waals surface area contributed by atoms with E-state index in [1.54, 1.807) is 0 Å². The van der Waals surface area contributed by atoms with E-state index in [0.29, 0.717) is 16.2 Å². The maximum Gasteiger partial charge on any atom is -0.0213 e. The van der Waals surface area contributed by atoms with Crippen LogP contribution < -0.4 is 0 Å². The van der Waals surface area contributed by atoms with Crippen molar-refractivity contribution in [3.63, 3.8) is 0 Å². The molecule has 0 radical (unpaired) electrons. The van der Waals surface area contributed by atoms with E-state index < -0.39 is 0 Å². The van der Waals surface area contributed by atoms with E-state index in [2.05, 4.69) is 27.7 Å². The summed E-state index contributed by atoms with van der Waals surface area (Å²) in [6.45, 7) is 10.4. The molecule has 0 aromatic heterocycles. The normalized spacial score (nSPS) is 51.4. The number of fused-ring (bicyclic) bond motifs is 2. The molecule has 0 saturated heterocycles. The number of rotatable bonds is 1. The Kier molecular flexibility index (Phi) is 2.12. The Labute approximate surface area is 101 Å². The molecule has 92 valence electrons. The first-order valence-electron chi connectivity index (χ1n) is 7.42. The van der Waals surface area contributed by atoms with Crippen LogP contribution >= 0.6 is 0 Å². The minimum absolute atomic E-state index is 0.567. The van der Waals surface area contributed by atoms with Crippen molar-refractivity contribution >= 4 is 0 Å². The molecule has 3 fully saturated rings. The Balaban J connectivity index is 2.00. The number of hydrogen-bond acceptors (Lipinski definition) is 0. The summed E-state index contributed by atoms with van der Waals surface area (Å²) in [6, 6.07) is 0. The molecule has 0 aromatic carbocycles. The van der Waals surface area contributed by atoms with Gasteiger partial charge in [0.2, 0.25) is 0 Å². The molecule has 16 heavy (non-hydrogen) atoms. The van der Waals surface area contributed by atoms with Crippen LogP contribution in [0.1, 0.15) is 72.6 Å². The van der Waals surface area contributed by atoms with Gasteiger partial charge in [-0.2, -0.15) is 0 Å². The van der Waals surface area contributed by atoms with Gasteiger partial charge in [0.15, 0.2) is 0 Å². The van der Waals surface area contributed by atoms with Crippen molar-refractivity contribution in [3.8, 4) is 0 Å². The first kappa shape index (κ1) is 11.1. The fourth-order valence-electron chi connectivity index (χ4n) is 5.85. The molecule has 3 aliphatic rings. The van der Waals surface area contributed by atoms with Gasteiger partial charge in [0.05, 0.1) is 0 Å². The summed E-state index contributed by atoms with van der Waals surface area (Å²) in [5.74, 6) is 2.07. The lowest BCUT2D eigenvalue weighted by atomic mass is 9.49. The van der Waals surface area contributed by atoms with Gasteiger partial charge < -0.3 is 0 Å². The van der Waals surface area contributed by atoms with E-state index >= 15 is 0 Å². The first-order valence-corrected chi connectivity index (χ1v) is 7.42. The van der Waals surface area contributed by atoms with Crippen LogP contribution in [0.3, 0.4) is 0 Å². The van der Waals surface area contributed by atoms with E-state index in [-0.39, 0.29) is 0 Å². The van der Waals surface area contributed by atoms with Crippen molar-refractivity contribution < 1.29 is 0 Å². The highest BCUT2D eigenvalue weighted by Crippen LogP contribution is 2.75. The minimum atomic E-state index is 0.567. The lowest BCUT2D eigenvalue weighted by Crippen LogP contribution is -2.48. The Morgan fingerprint density at radius 3 is 1.94 bits per heavy atom. The van der Waals surface area contributed by atoms with Crippen LogP contribution in [0.25, 0.3) is 0 Å². The summed E-state index contributed by atoms with van der Waals surface area (Å²) in [7, 11) is 0. The molecule has 0 amide bonds. The van der Waals surface area contributed by atoms with Crippen molar-refractivity contribution in [2.24, 2.45) is 28.1 Å². The predicted molar refractivity (Wildman–Crippen MR) is 69.3 cm³/mol. The summed E-state index contributed by atoms with van der Waals surface area (Å²) < 4.78 is 0. The lowest BCUT2D eigenvalue weighted by Gasteiger charge is -2.55. The van der Waals surface area contributed by atoms with Crippen molar-refractivity contribution in [2.75, 3.05) is 0 Å². The first-order chi connectivity index (χ1) is 7.42. The maximum absolute atomic E-state index is 2.65. The molecule has 0 spiro atoms. The smallest absolute Gasteiger partial charge is 0.0213 e. The van der Waals surface area contributed by atoms with Gasteiger partial charge in [-0.25, -0.2) is 0 Å². The van der Waals surface area contributed by atoms with Crippen LogP contribution in [0, 0.1) is 28.1 Å². The molecule has 0 aliphatic heterocycles. The molecule has 0 nitrogen and oxygen atoms in total. The van der Waals surface area contributed by atoms with Gasteiger partial charge in [-0.3, -0.25) is 0 Å². The van der Waals surface area contributed by atoms with Crippen molar-refractivity contribution in [1.29, 1.82) is 0 Å². The third-order valence-electron chi connectivity index (χ3n) is 7.65. The average Bonchev–Trinajstić information content (AvgIpc) is 2.86. The van der Waals surface area contributed by atoms with Crippen LogP contribution in [-0.2, 0) is 0 Å². The molecule has 0 aromatic rings. The molecule has 0 heteroatoms. The maximum atomic E-state index is 2.65. The second-order valence-electron chi connectivity index (χ2n) is 7.89. The van der Waals surface area contributed by atoms with E-state index in [0.717, 1.165) is 11.8 Å². The summed E-state index contributed by atoms with van der Waals surface area (Å²) >= 11 is 0. The Hall–Kier alpha value is 0. The molecule has 3 rings (SSSR count). The Morgan fingerprint density at radius 1 is 0.812 bits per heavy atom. The minimum Gasteiger partial charge on any atom is -0.0591 e. The van der Waals surface area contributed by atoms with Crippen LogP contribution in [0.15, 0.2) is 0 Å². The summed E-state index contributed by atoms with van der Waals surface area (Å²) in [5, 5.41) is 0. The van der Waals surface area contributed by atoms with Gasteiger partial charge in [-0.15, -0.1) is 0 Å². The lowest BCUT2D eigenvalue weighted by molar-refractivity contribution is -0.0663. The van der Waals surface area contributed by atoms with Gasteiger partial charge in [-0.1, -0.05) is 40.5 Å². The third kappa shape index (κ3) is 1.03. The zero-order chi connectivity index (χ0) is 11.6. The molecule has 0 N–H and O–H groups in total. The average molecular weight is 220 g/mol. The topological polar surface area (TPSA) is 0 Å². The predicted octanol–water partition coefficient (Wildman–Crippen LogP) is 5.03. The Morgan fingerprint density at radius 2 is 1.44 bits per heavy atom. The molecule has 3 unspecified atom stereocenters. The zero-order valence-corrected chi connectivity index (χ0v) is 11.6. The zero-order valence-electron chi connectivity index (χ0n) is 11.6. The van der Waals surface area contributed by atoms with Gasteiger partial charge in [0.25, 0.3) is 0 Å². The number of hydrogen-bond donors (Lipinski definition) is 0. The fraction of sp³-hybridized carbons (Fsp3) is 1.00. The fourth-order valence-corrected chi connectivity index (χ4v) is 5.85. The van der Waals surface area contributed by atoms with Gasteiger partial charge in [-0.05, 0) is 60.2 Å². The largest absolute Gasteiger partial charge is 0.0591 e. The molecule has 0 heterocycles. The van der Waals surface area contributed by atoms with E-state index in [4.69, 9.17) is 0 Å². The monoisotopic (exact) mass is 220 g/mol. The van der Waals surface area contributed by atoms with Gasteiger partial charge in [0.1, 0.15) is 0 Å². The molecular formula is C16H28. The second kappa shape index (κ2) is 3.06. The molecular weight excluding hydrogens is 192 g/mol. The van der Waals surface area contributed by atoms with Crippen LogP contribution in [0.4, 0.5) is 0 Å². The highest BCUT2D eigenvalue weighted by molar-refractivity contribution is 5.16. The quantitative estimate of drug-likeness (QED) is 0.581. The Bertz CT molecular complexity index is 293. The summed E-state index contributed by atoms with van der Waals surface area (Å²) in [4.78, 5) is 0. The highest BCUT2D eigenvalue weighted by Gasteiger charge is 2.67. The molecule has 3 saturated carbocycles. The third-order valence-corrected chi connectivity index (χ3v) is 7.65. The van der Waals surface area contributed by atoms with Crippen molar-refractivity contribution in [2.45, 2.75) is 72.6 Å². The molecule has 3 aliphatic carbocycles. The van der Waals surface area contributed by atoms with E-state index in [1.165, 1.54) is 44.9 Å². The molecule has 2 bridgehead atoms. The van der Waals surface area contributed by atoms with Crippen LogP contribution in [0.5, 0.6) is 0 Å². The van der Waals surface area contributed by atoms with E-state index in [1.807, 2.05) is 0 Å². The van der Waals surface area contributed by atoms with E-state index in [9.17, 15) is 0 Å². The van der Waals surface area contributed by atoms with Crippen molar-refractivity contribution in [3.05, 3.63) is 0 Å². The van der Waals surface area contributed by atoms with Gasteiger partial charge >= 0.3 is 0 Å². The summed E-state index contributed by atoms with van der Waals surface area (Å²) in [6.07, 6.45) is 10.6.